The maximum atomic E-state index is 11.9. The molecule has 0 aromatic carbocycles. The van der Waals surface area contributed by atoms with Gasteiger partial charge >= 0.3 is 0 Å². The van der Waals surface area contributed by atoms with Crippen molar-refractivity contribution in [1.29, 1.82) is 0 Å². The van der Waals surface area contributed by atoms with Gasteiger partial charge in [0.1, 0.15) is 13.0 Å². The Morgan fingerprint density at radius 1 is 1.35 bits per heavy atom. The highest BCUT2D eigenvalue weighted by Crippen LogP contribution is 2.35. The van der Waals surface area contributed by atoms with Crippen LogP contribution < -0.4 is 0 Å². The number of hydrogen-bond acceptors (Lipinski definition) is 4. The molecule has 0 saturated carbocycles. The summed E-state index contributed by atoms with van der Waals surface area (Å²) >= 11 is 0. The van der Waals surface area contributed by atoms with Gasteiger partial charge in [-0.05, 0) is 18.9 Å². The first-order valence-electron chi connectivity index (χ1n) is 7.47. The van der Waals surface area contributed by atoms with E-state index in [0.717, 1.165) is 43.0 Å². The predicted molar refractivity (Wildman–Crippen MR) is 81.2 cm³/mol. The van der Waals surface area contributed by atoms with Gasteiger partial charge in [0.25, 0.3) is 0 Å². The van der Waals surface area contributed by atoms with E-state index in [1.807, 2.05) is 4.90 Å². The average molecular weight is 295 g/mol. The van der Waals surface area contributed by atoms with Crippen LogP contribution in [0.25, 0.3) is 0 Å². The topological polar surface area (TPSA) is 46.6 Å². The van der Waals surface area contributed by atoms with Crippen LogP contribution in [0.3, 0.4) is 0 Å². The van der Waals surface area contributed by atoms with Crippen LogP contribution in [0.2, 0.25) is 25.7 Å². The molecule has 0 aromatic heterocycles. The zero-order chi connectivity index (χ0) is 14.8. The molecule has 0 fully saturated rings. The lowest BCUT2D eigenvalue weighted by Gasteiger charge is -2.28. The Balaban J connectivity index is 1.94. The number of carbonyl (C=O) groups excluding carboxylic acids is 2. The molecule has 1 atom stereocenters. The quantitative estimate of drug-likeness (QED) is 0.429. The lowest BCUT2D eigenvalue weighted by atomic mass is 9.94. The van der Waals surface area contributed by atoms with Gasteiger partial charge in [-0.1, -0.05) is 19.6 Å². The van der Waals surface area contributed by atoms with Gasteiger partial charge in [-0.3, -0.25) is 4.79 Å². The molecular formula is C15H25NO3Si. The van der Waals surface area contributed by atoms with Crippen LogP contribution in [0.15, 0.2) is 11.3 Å². The van der Waals surface area contributed by atoms with Crippen molar-refractivity contribution in [3.63, 3.8) is 0 Å². The fourth-order valence-corrected chi connectivity index (χ4v) is 3.54. The molecule has 1 unspecified atom stereocenters. The number of Topliss-reactive ketones (excluding diaryl/α,β-unsaturated/α-hetero) is 1. The van der Waals surface area contributed by atoms with E-state index < -0.39 is 8.07 Å². The lowest BCUT2D eigenvalue weighted by Crippen LogP contribution is -2.34. The maximum absolute atomic E-state index is 11.9. The molecule has 2 rings (SSSR count). The van der Waals surface area contributed by atoms with Crippen LogP contribution in [-0.2, 0) is 14.3 Å². The van der Waals surface area contributed by atoms with Gasteiger partial charge in [-0.2, -0.15) is 0 Å². The molecule has 0 radical (unpaired) electrons. The SMILES string of the molecule is C[Si](C)(C)CCOCN1C2=C(CC1C=O)C(=O)CCC2. The summed E-state index contributed by atoms with van der Waals surface area (Å²) in [6, 6.07) is 0.922. The minimum absolute atomic E-state index is 0.200. The highest BCUT2D eigenvalue weighted by atomic mass is 28.3. The van der Waals surface area contributed by atoms with Crippen molar-refractivity contribution in [2.45, 2.75) is 57.4 Å². The second-order valence-electron chi connectivity index (χ2n) is 6.93. The van der Waals surface area contributed by atoms with Crippen LogP contribution >= 0.6 is 0 Å². The highest BCUT2D eigenvalue weighted by Gasteiger charge is 2.36. The third-order valence-electron chi connectivity index (χ3n) is 4.05. The van der Waals surface area contributed by atoms with Crippen molar-refractivity contribution in [3.05, 3.63) is 11.3 Å². The monoisotopic (exact) mass is 295 g/mol. The van der Waals surface area contributed by atoms with Gasteiger partial charge < -0.3 is 14.4 Å². The molecule has 0 aromatic rings. The summed E-state index contributed by atoms with van der Waals surface area (Å²) in [5.74, 6) is 0.225. The van der Waals surface area contributed by atoms with Crippen LogP contribution in [-0.4, -0.2) is 44.4 Å². The van der Waals surface area contributed by atoms with E-state index in [4.69, 9.17) is 4.74 Å². The van der Waals surface area contributed by atoms with E-state index in [0.29, 0.717) is 19.6 Å². The fraction of sp³-hybridized carbons (Fsp3) is 0.733. The fourth-order valence-electron chi connectivity index (χ4n) is 2.78. The Morgan fingerprint density at radius 2 is 2.10 bits per heavy atom. The minimum Gasteiger partial charge on any atom is -0.361 e. The molecule has 0 saturated heterocycles. The first-order valence-corrected chi connectivity index (χ1v) is 11.2. The van der Waals surface area contributed by atoms with Crippen LogP contribution in [0.5, 0.6) is 0 Å². The Morgan fingerprint density at radius 3 is 2.75 bits per heavy atom. The van der Waals surface area contributed by atoms with E-state index >= 15 is 0 Å². The molecule has 0 bridgehead atoms. The van der Waals surface area contributed by atoms with Crippen molar-refractivity contribution >= 4 is 20.1 Å². The standard InChI is InChI=1S/C15H25NO3Si/c1-20(2,3)8-7-19-11-16-12(10-17)9-13-14(16)5-4-6-15(13)18/h10,12H,4-9,11H2,1-3H3. The molecule has 1 aliphatic heterocycles. The summed E-state index contributed by atoms with van der Waals surface area (Å²) in [5, 5.41) is 0. The van der Waals surface area contributed by atoms with Gasteiger partial charge in [-0.15, -0.1) is 0 Å². The first kappa shape index (κ1) is 15.4. The number of hydrogen-bond donors (Lipinski definition) is 0. The molecule has 0 amide bonds. The van der Waals surface area contributed by atoms with Crippen molar-refractivity contribution in [1.82, 2.24) is 4.90 Å². The summed E-state index contributed by atoms with van der Waals surface area (Å²) in [7, 11) is -1.08. The third kappa shape index (κ3) is 3.58. The lowest BCUT2D eigenvalue weighted by molar-refractivity contribution is -0.116. The molecule has 4 nitrogen and oxygen atoms in total. The van der Waals surface area contributed by atoms with Gasteiger partial charge in [0.15, 0.2) is 5.78 Å². The Kier molecular flexibility index (Phi) is 4.81. The second kappa shape index (κ2) is 6.22. The van der Waals surface area contributed by atoms with Gasteiger partial charge in [0.05, 0.1) is 6.04 Å². The molecule has 2 aliphatic rings. The number of allylic oxidation sites excluding steroid dienone is 1. The van der Waals surface area contributed by atoms with Crippen molar-refractivity contribution in [2.75, 3.05) is 13.3 Å². The van der Waals surface area contributed by atoms with Gasteiger partial charge in [0.2, 0.25) is 0 Å². The van der Waals surface area contributed by atoms with Gasteiger partial charge in [-0.25, -0.2) is 0 Å². The number of aldehydes is 1. The molecule has 1 aliphatic carbocycles. The average Bonchev–Trinajstić information content (AvgIpc) is 2.73. The van der Waals surface area contributed by atoms with E-state index in [9.17, 15) is 9.59 Å². The maximum Gasteiger partial charge on any atom is 0.160 e. The molecular weight excluding hydrogens is 270 g/mol. The van der Waals surface area contributed by atoms with E-state index in [2.05, 4.69) is 19.6 Å². The Hall–Kier alpha value is -0.943. The summed E-state index contributed by atoms with van der Waals surface area (Å²) in [5.41, 5.74) is 1.94. The number of carbonyl (C=O) groups is 2. The van der Waals surface area contributed by atoms with Crippen LogP contribution in [0.1, 0.15) is 25.7 Å². The minimum atomic E-state index is -1.08. The summed E-state index contributed by atoms with van der Waals surface area (Å²) in [4.78, 5) is 25.1. The number of ether oxygens (including phenoxy) is 1. The number of rotatable bonds is 6. The molecule has 5 heteroatoms. The van der Waals surface area contributed by atoms with Gasteiger partial charge in [0, 0.05) is 38.8 Å². The molecule has 20 heavy (non-hydrogen) atoms. The molecule has 0 spiro atoms. The normalized spacial score (nSPS) is 23.2. The van der Waals surface area contributed by atoms with Crippen LogP contribution in [0, 0.1) is 0 Å². The molecule has 1 heterocycles. The summed E-state index contributed by atoms with van der Waals surface area (Å²) < 4.78 is 5.77. The highest BCUT2D eigenvalue weighted by molar-refractivity contribution is 6.76. The smallest absolute Gasteiger partial charge is 0.160 e. The van der Waals surface area contributed by atoms with Crippen LogP contribution in [0.4, 0.5) is 0 Å². The Labute approximate surface area is 122 Å². The summed E-state index contributed by atoms with van der Waals surface area (Å²) in [6.45, 7) is 8.15. The first-order chi connectivity index (χ1) is 9.42. The van der Waals surface area contributed by atoms with E-state index in [-0.39, 0.29) is 11.8 Å². The Bertz CT molecular complexity index is 425. The molecule has 112 valence electrons. The van der Waals surface area contributed by atoms with E-state index in [1.165, 1.54) is 0 Å². The number of ketones is 1. The van der Waals surface area contributed by atoms with Crippen molar-refractivity contribution < 1.29 is 14.3 Å². The third-order valence-corrected chi connectivity index (χ3v) is 5.75. The zero-order valence-corrected chi connectivity index (χ0v) is 13.8. The molecule has 0 N–H and O–H groups in total. The second-order valence-corrected chi connectivity index (χ2v) is 12.5. The number of nitrogens with zero attached hydrogens (tertiary/aromatic N) is 1. The summed E-state index contributed by atoms with van der Waals surface area (Å²) in [6.07, 6.45) is 3.97. The van der Waals surface area contributed by atoms with Crippen molar-refractivity contribution in [2.24, 2.45) is 0 Å². The van der Waals surface area contributed by atoms with E-state index in [1.54, 1.807) is 0 Å². The zero-order valence-electron chi connectivity index (χ0n) is 12.8. The predicted octanol–water partition coefficient (Wildman–Crippen LogP) is 2.58. The van der Waals surface area contributed by atoms with Crippen molar-refractivity contribution in [3.8, 4) is 0 Å². The largest absolute Gasteiger partial charge is 0.361 e.